The van der Waals surface area contributed by atoms with Crippen LogP contribution in [0.15, 0.2) is 79.0 Å². The summed E-state index contributed by atoms with van der Waals surface area (Å²) in [6.45, 7) is 2.15. The summed E-state index contributed by atoms with van der Waals surface area (Å²) in [4.78, 5) is 4.76. The van der Waals surface area contributed by atoms with Crippen molar-refractivity contribution in [3.63, 3.8) is 0 Å². The van der Waals surface area contributed by atoms with Crippen LogP contribution in [-0.2, 0) is 25.5 Å². The molecular formula is C25H16IrN-. The van der Waals surface area contributed by atoms with E-state index in [0.717, 1.165) is 11.3 Å². The summed E-state index contributed by atoms with van der Waals surface area (Å²) < 4.78 is 0. The van der Waals surface area contributed by atoms with Crippen LogP contribution in [0.2, 0.25) is 0 Å². The molecular weight excluding hydrogens is 506 g/mol. The number of nitrogens with zero attached hydrogens (tertiary/aromatic N) is 1. The standard InChI is InChI=1S/C25H16N.Ir/c1-16-12-13-19-23(15-16)25(22-11-6-14-26-24(19)22)20-9-4-2-7-17(20)18-8-3-5-10-21(18)25;/h2-12,14-15H,1H3;/q-1;. The molecule has 0 saturated heterocycles. The molecule has 1 nitrogen and oxygen atoms in total. The van der Waals surface area contributed by atoms with Crippen LogP contribution in [0.25, 0.3) is 22.4 Å². The molecule has 1 aromatic heterocycles. The summed E-state index contributed by atoms with van der Waals surface area (Å²) in [5, 5.41) is 0. The quantitative estimate of drug-likeness (QED) is 0.239. The molecule has 0 atom stereocenters. The summed E-state index contributed by atoms with van der Waals surface area (Å²) in [6.07, 6.45) is 1.89. The minimum Gasteiger partial charge on any atom is -0.304 e. The van der Waals surface area contributed by atoms with E-state index in [-0.39, 0.29) is 25.5 Å². The number of pyridine rings is 1. The first-order valence-electron chi connectivity index (χ1n) is 9.00. The smallest absolute Gasteiger partial charge is 0.0314 e. The normalized spacial score (nSPS) is 14.1. The number of aryl methyl sites for hydroxylation is 1. The van der Waals surface area contributed by atoms with E-state index in [0.29, 0.717) is 0 Å². The summed E-state index contributed by atoms with van der Waals surface area (Å²) in [5.74, 6) is 0. The van der Waals surface area contributed by atoms with Gasteiger partial charge in [-0.1, -0.05) is 67.1 Å². The van der Waals surface area contributed by atoms with Gasteiger partial charge in [-0.3, -0.25) is 0 Å². The minimum absolute atomic E-state index is 0. The Bertz CT molecular complexity index is 1140. The first-order chi connectivity index (χ1) is 12.8. The van der Waals surface area contributed by atoms with E-state index in [2.05, 4.69) is 85.8 Å². The molecule has 4 aromatic rings. The van der Waals surface area contributed by atoms with E-state index in [1.54, 1.807) is 0 Å². The number of rotatable bonds is 0. The van der Waals surface area contributed by atoms with Crippen molar-refractivity contribution in [3.8, 4) is 22.4 Å². The summed E-state index contributed by atoms with van der Waals surface area (Å²) in [5.41, 5.74) is 11.1. The van der Waals surface area contributed by atoms with Gasteiger partial charge in [0.05, 0.1) is 0 Å². The molecule has 0 saturated carbocycles. The van der Waals surface area contributed by atoms with Crippen LogP contribution in [0.4, 0.5) is 0 Å². The average Bonchev–Trinajstić information content (AvgIpc) is 3.15. The third-order valence-corrected chi connectivity index (χ3v) is 5.89. The van der Waals surface area contributed by atoms with Gasteiger partial charge in [0.15, 0.2) is 0 Å². The second kappa shape index (κ2) is 5.73. The zero-order valence-corrected chi connectivity index (χ0v) is 17.2. The first kappa shape index (κ1) is 16.6. The molecule has 27 heavy (non-hydrogen) atoms. The zero-order chi connectivity index (χ0) is 17.3. The topological polar surface area (TPSA) is 12.9 Å². The predicted octanol–water partition coefficient (Wildman–Crippen LogP) is 5.53. The second-order valence-corrected chi connectivity index (χ2v) is 7.21. The molecule has 0 fully saturated rings. The number of aromatic nitrogens is 1. The molecule has 3 aromatic carbocycles. The van der Waals surface area contributed by atoms with Crippen LogP contribution in [-0.4, -0.2) is 4.98 Å². The van der Waals surface area contributed by atoms with Crippen LogP contribution in [0.1, 0.15) is 27.8 Å². The van der Waals surface area contributed by atoms with Crippen molar-refractivity contribution < 1.29 is 20.1 Å². The van der Waals surface area contributed by atoms with Crippen molar-refractivity contribution in [1.29, 1.82) is 0 Å². The molecule has 0 amide bonds. The van der Waals surface area contributed by atoms with E-state index >= 15 is 0 Å². The molecule has 131 valence electrons. The van der Waals surface area contributed by atoms with Crippen molar-refractivity contribution in [1.82, 2.24) is 4.98 Å². The largest absolute Gasteiger partial charge is 0.304 e. The molecule has 1 radical (unpaired) electrons. The van der Waals surface area contributed by atoms with Gasteiger partial charge in [-0.25, -0.2) is 0 Å². The van der Waals surface area contributed by atoms with Crippen LogP contribution < -0.4 is 0 Å². The molecule has 2 aliphatic carbocycles. The van der Waals surface area contributed by atoms with Crippen molar-refractivity contribution >= 4 is 0 Å². The minimum atomic E-state index is -0.283. The number of hydrogen-bond acceptors (Lipinski definition) is 1. The van der Waals surface area contributed by atoms with Gasteiger partial charge in [0.25, 0.3) is 0 Å². The first-order valence-corrected chi connectivity index (χ1v) is 9.00. The maximum atomic E-state index is 4.76. The van der Waals surface area contributed by atoms with E-state index in [1.165, 1.54) is 38.9 Å². The molecule has 0 N–H and O–H groups in total. The fourth-order valence-electron chi connectivity index (χ4n) is 4.96. The Morgan fingerprint density at radius 2 is 1.41 bits per heavy atom. The molecule has 1 heterocycles. The molecule has 0 bridgehead atoms. The number of benzene rings is 3. The molecule has 2 heteroatoms. The van der Waals surface area contributed by atoms with Crippen LogP contribution in [0.3, 0.4) is 0 Å². The van der Waals surface area contributed by atoms with Gasteiger partial charge < -0.3 is 4.98 Å². The van der Waals surface area contributed by atoms with E-state index in [1.807, 2.05) is 6.20 Å². The van der Waals surface area contributed by atoms with Crippen LogP contribution >= 0.6 is 0 Å². The van der Waals surface area contributed by atoms with Crippen molar-refractivity contribution in [2.24, 2.45) is 0 Å². The van der Waals surface area contributed by atoms with E-state index in [9.17, 15) is 0 Å². The second-order valence-electron chi connectivity index (χ2n) is 7.21. The van der Waals surface area contributed by atoms with Crippen molar-refractivity contribution in [2.45, 2.75) is 12.3 Å². The Kier molecular flexibility index (Phi) is 3.52. The predicted molar refractivity (Wildman–Crippen MR) is 104 cm³/mol. The Labute approximate surface area is 172 Å². The molecule has 0 aliphatic heterocycles. The third-order valence-electron chi connectivity index (χ3n) is 5.89. The monoisotopic (exact) mass is 523 g/mol. The molecule has 1 spiro atoms. The van der Waals surface area contributed by atoms with Gasteiger partial charge in [-0.15, -0.1) is 34.9 Å². The summed E-state index contributed by atoms with van der Waals surface area (Å²) in [6, 6.07) is 29.9. The van der Waals surface area contributed by atoms with Gasteiger partial charge in [0.2, 0.25) is 0 Å². The maximum Gasteiger partial charge on any atom is 0.0314 e. The van der Waals surface area contributed by atoms with Gasteiger partial charge in [-0.2, -0.15) is 0 Å². The Balaban J connectivity index is 0.00000160. The van der Waals surface area contributed by atoms with Gasteiger partial charge in [-0.05, 0) is 34.0 Å². The van der Waals surface area contributed by atoms with Crippen LogP contribution in [0.5, 0.6) is 0 Å². The van der Waals surface area contributed by atoms with Gasteiger partial charge in [0.1, 0.15) is 0 Å². The number of fused-ring (bicyclic) bond motifs is 10. The van der Waals surface area contributed by atoms with Gasteiger partial charge >= 0.3 is 0 Å². The Morgan fingerprint density at radius 3 is 2.11 bits per heavy atom. The SMILES string of the molecule is Cc1c[c-]c2c(c1)C1(c3ccccc3-c3ccccc31)c1cccnc1-2.[Ir]. The average molecular weight is 523 g/mol. The summed E-state index contributed by atoms with van der Waals surface area (Å²) >= 11 is 0. The summed E-state index contributed by atoms with van der Waals surface area (Å²) in [7, 11) is 0. The molecule has 0 unspecified atom stereocenters. The maximum absolute atomic E-state index is 4.76. The Morgan fingerprint density at radius 1 is 0.778 bits per heavy atom. The van der Waals surface area contributed by atoms with E-state index < -0.39 is 0 Å². The van der Waals surface area contributed by atoms with Crippen molar-refractivity contribution in [2.75, 3.05) is 0 Å². The van der Waals surface area contributed by atoms with Crippen LogP contribution in [0, 0.1) is 13.0 Å². The molecule has 6 rings (SSSR count). The van der Waals surface area contributed by atoms with Gasteiger partial charge in [0, 0.05) is 31.7 Å². The fourth-order valence-corrected chi connectivity index (χ4v) is 4.96. The molecule has 2 aliphatic rings. The Hall–Kier alpha value is -2.54. The van der Waals surface area contributed by atoms with E-state index in [4.69, 9.17) is 4.98 Å². The number of hydrogen-bond donors (Lipinski definition) is 0. The third kappa shape index (κ3) is 1.90. The fraction of sp³-hybridized carbons (Fsp3) is 0.0800. The zero-order valence-electron chi connectivity index (χ0n) is 14.8. The van der Waals surface area contributed by atoms with Crippen molar-refractivity contribution in [3.05, 3.63) is 113 Å².